The van der Waals surface area contributed by atoms with Gasteiger partial charge in [0.05, 0.1) is 28.5 Å². The standard InChI is InChI=1S/C19H21FN6O3/c1-11-18(13(3)24(23-11)10-15-7-5-6-8-16(15)20)22-19(27)14(4)25-12(2)17(9-21-25)26(28)29/h5-9,14H,10H2,1-4H3,(H,22,27). The number of nitrogens with one attached hydrogen (secondary N) is 1. The van der Waals surface area contributed by atoms with E-state index in [4.69, 9.17) is 0 Å². The van der Waals surface area contributed by atoms with E-state index in [1.807, 2.05) is 0 Å². The molecule has 0 radical (unpaired) electrons. The number of hydrogen-bond donors (Lipinski definition) is 1. The van der Waals surface area contributed by atoms with Gasteiger partial charge in [-0.3, -0.25) is 24.3 Å². The van der Waals surface area contributed by atoms with Crippen LogP contribution in [0.5, 0.6) is 0 Å². The number of halogens is 1. The van der Waals surface area contributed by atoms with Crippen LogP contribution < -0.4 is 5.32 Å². The third kappa shape index (κ3) is 3.86. The van der Waals surface area contributed by atoms with E-state index in [1.165, 1.54) is 17.7 Å². The maximum absolute atomic E-state index is 13.9. The van der Waals surface area contributed by atoms with E-state index in [-0.39, 0.29) is 24.0 Å². The summed E-state index contributed by atoms with van der Waals surface area (Å²) in [5.74, 6) is -0.710. The van der Waals surface area contributed by atoms with Gasteiger partial charge < -0.3 is 5.32 Å². The molecule has 0 saturated carbocycles. The summed E-state index contributed by atoms with van der Waals surface area (Å²) in [5, 5.41) is 22.2. The molecule has 2 aromatic heterocycles. The molecule has 10 heteroatoms. The summed E-state index contributed by atoms with van der Waals surface area (Å²) < 4.78 is 16.9. The summed E-state index contributed by atoms with van der Waals surface area (Å²) in [7, 11) is 0. The molecule has 1 amide bonds. The fourth-order valence-electron chi connectivity index (χ4n) is 3.14. The highest BCUT2D eigenvalue weighted by Gasteiger charge is 2.25. The molecule has 0 fully saturated rings. The van der Waals surface area contributed by atoms with Gasteiger partial charge in [-0.1, -0.05) is 18.2 Å². The van der Waals surface area contributed by atoms with Crippen molar-refractivity contribution in [1.82, 2.24) is 19.6 Å². The normalized spacial score (nSPS) is 12.0. The van der Waals surface area contributed by atoms with Crippen LogP contribution in [0, 0.1) is 36.7 Å². The van der Waals surface area contributed by atoms with Gasteiger partial charge in [-0.15, -0.1) is 0 Å². The molecule has 0 aliphatic heterocycles. The molecular formula is C19H21FN6O3. The van der Waals surface area contributed by atoms with Crippen molar-refractivity contribution >= 4 is 17.3 Å². The van der Waals surface area contributed by atoms with E-state index >= 15 is 0 Å². The molecule has 0 bridgehead atoms. The van der Waals surface area contributed by atoms with Crippen LogP contribution in [0.3, 0.4) is 0 Å². The lowest BCUT2D eigenvalue weighted by Gasteiger charge is -2.14. The quantitative estimate of drug-likeness (QED) is 0.504. The lowest BCUT2D eigenvalue weighted by molar-refractivity contribution is -0.385. The molecule has 0 aliphatic carbocycles. The number of nitro groups is 1. The molecule has 152 valence electrons. The molecule has 1 unspecified atom stereocenters. The third-order valence-corrected chi connectivity index (χ3v) is 4.87. The first-order valence-electron chi connectivity index (χ1n) is 8.97. The maximum atomic E-state index is 13.9. The van der Waals surface area contributed by atoms with E-state index in [0.717, 1.165) is 6.20 Å². The van der Waals surface area contributed by atoms with Gasteiger partial charge in [0.15, 0.2) is 0 Å². The predicted molar refractivity (Wildman–Crippen MR) is 104 cm³/mol. The van der Waals surface area contributed by atoms with Crippen molar-refractivity contribution in [3.63, 3.8) is 0 Å². The van der Waals surface area contributed by atoms with Gasteiger partial charge in [-0.05, 0) is 33.8 Å². The number of rotatable bonds is 6. The summed E-state index contributed by atoms with van der Waals surface area (Å²) in [6.07, 6.45) is 1.13. The molecule has 1 N–H and O–H groups in total. The van der Waals surface area contributed by atoms with Crippen LogP contribution in [-0.2, 0) is 11.3 Å². The van der Waals surface area contributed by atoms with Crippen molar-refractivity contribution in [3.8, 4) is 0 Å². The van der Waals surface area contributed by atoms with Crippen molar-refractivity contribution < 1.29 is 14.1 Å². The summed E-state index contributed by atoms with van der Waals surface area (Å²) in [4.78, 5) is 23.2. The van der Waals surface area contributed by atoms with E-state index < -0.39 is 11.0 Å². The largest absolute Gasteiger partial charge is 0.321 e. The molecule has 0 aliphatic rings. The third-order valence-electron chi connectivity index (χ3n) is 4.87. The first-order chi connectivity index (χ1) is 13.7. The minimum Gasteiger partial charge on any atom is -0.321 e. The first kappa shape index (κ1) is 20.2. The average Bonchev–Trinajstić information content (AvgIpc) is 3.18. The van der Waals surface area contributed by atoms with Gasteiger partial charge in [-0.2, -0.15) is 10.2 Å². The predicted octanol–water partition coefficient (Wildman–Crippen LogP) is 3.30. The smallest absolute Gasteiger partial charge is 0.309 e. The Morgan fingerprint density at radius 2 is 1.97 bits per heavy atom. The molecule has 2 heterocycles. The molecular weight excluding hydrogens is 379 g/mol. The fourth-order valence-corrected chi connectivity index (χ4v) is 3.14. The second-order valence-corrected chi connectivity index (χ2v) is 6.78. The zero-order chi connectivity index (χ0) is 21.3. The highest BCUT2D eigenvalue weighted by atomic mass is 19.1. The van der Waals surface area contributed by atoms with E-state index in [1.54, 1.807) is 43.7 Å². The van der Waals surface area contributed by atoms with Crippen LogP contribution >= 0.6 is 0 Å². The Morgan fingerprint density at radius 3 is 2.59 bits per heavy atom. The van der Waals surface area contributed by atoms with Crippen molar-refractivity contribution in [2.45, 2.75) is 40.3 Å². The molecule has 1 aromatic carbocycles. The second kappa shape index (κ2) is 7.82. The number of carbonyl (C=O) groups excluding carboxylic acids is 1. The first-order valence-corrected chi connectivity index (χ1v) is 8.97. The molecule has 9 nitrogen and oxygen atoms in total. The highest BCUT2D eigenvalue weighted by Crippen LogP contribution is 2.24. The molecule has 3 aromatic rings. The van der Waals surface area contributed by atoms with Crippen molar-refractivity contribution in [2.75, 3.05) is 5.32 Å². The van der Waals surface area contributed by atoms with E-state index in [0.29, 0.717) is 28.3 Å². The van der Waals surface area contributed by atoms with Gasteiger partial charge in [0.25, 0.3) is 0 Å². The van der Waals surface area contributed by atoms with Gasteiger partial charge in [0, 0.05) is 5.56 Å². The second-order valence-electron chi connectivity index (χ2n) is 6.78. The molecule has 1 atom stereocenters. The Bertz CT molecular complexity index is 1090. The van der Waals surface area contributed by atoms with Gasteiger partial charge in [0.1, 0.15) is 23.7 Å². The highest BCUT2D eigenvalue weighted by molar-refractivity contribution is 5.94. The van der Waals surface area contributed by atoms with Crippen LogP contribution in [0.1, 0.15) is 35.6 Å². The summed E-state index contributed by atoms with van der Waals surface area (Å²) in [5.41, 5.74) is 2.43. The van der Waals surface area contributed by atoms with Crippen molar-refractivity contribution in [3.05, 3.63) is 69.0 Å². The number of hydrogen-bond acceptors (Lipinski definition) is 5. The minimum atomic E-state index is -0.766. The lowest BCUT2D eigenvalue weighted by atomic mass is 10.2. The number of nitrogens with zero attached hydrogens (tertiary/aromatic N) is 5. The number of benzene rings is 1. The van der Waals surface area contributed by atoms with Crippen LogP contribution in [0.2, 0.25) is 0 Å². The maximum Gasteiger partial charge on any atom is 0.309 e. The summed E-state index contributed by atoms with van der Waals surface area (Å²) >= 11 is 0. The van der Waals surface area contributed by atoms with E-state index in [9.17, 15) is 19.3 Å². The number of aromatic nitrogens is 4. The Kier molecular flexibility index (Phi) is 5.44. The zero-order valence-electron chi connectivity index (χ0n) is 16.5. The molecule has 0 spiro atoms. The van der Waals surface area contributed by atoms with Crippen molar-refractivity contribution in [1.29, 1.82) is 0 Å². The van der Waals surface area contributed by atoms with Gasteiger partial charge in [-0.25, -0.2) is 4.39 Å². The zero-order valence-corrected chi connectivity index (χ0v) is 16.5. The summed E-state index contributed by atoms with van der Waals surface area (Å²) in [6, 6.07) is 5.67. The van der Waals surface area contributed by atoms with Crippen LogP contribution in [0.4, 0.5) is 15.8 Å². The Morgan fingerprint density at radius 1 is 1.28 bits per heavy atom. The molecule has 29 heavy (non-hydrogen) atoms. The van der Waals surface area contributed by atoms with Crippen molar-refractivity contribution in [2.24, 2.45) is 0 Å². The Labute approximate surface area is 166 Å². The number of aryl methyl sites for hydroxylation is 1. The fraction of sp³-hybridized carbons (Fsp3) is 0.316. The van der Waals surface area contributed by atoms with Crippen LogP contribution in [0.25, 0.3) is 0 Å². The van der Waals surface area contributed by atoms with Crippen LogP contribution in [-0.4, -0.2) is 30.4 Å². The average molecular weight is 400 g/mol. The number of carbonyl (C=O) groups is 1. The number of amides is 1. The van der Waals surface area contributed by atoms with Gasteiger partial charge in [0.2, 0.25) is 5.91 Å². The van der Waals surface area contributed by atoms with Crippen LogP contribution in [0.15, 0.2) is 30.5 Å². The minimum absolute atomic E-state index is 0.144. The SMILES string of the molecule is Cc1nn(Cc2ccccc2F)c(C)c1NC(=O)C(C)n1ncc([N+](=O)[O-])c1C. The monoisotopic (exact) mass is 400 g/mol. The summed E-state index contributed by atoms with van der Waals surface area (Å²) in [6.45, 7) is 6.90. The lowest BCUT2D eigenvalue weighted by Crippen LogP contribution is -2.25. The molecule has 3 rings (SSSR count). The number of anilines is 1. The Hall–Kier alpha value is -3.56. The topological polar surface area (TPSA) is 108 Å². The Balaban J connectivity index is 1.81. The van der Waals surface area contributed by atoms with E-state index in [2.05, 4.69) is 15.5 Å². The van der Waals surface area contributed by atoms with Gasteiger partial charge >= 0.3 is 5.69 Å². The molecule has 0 saturated heterocycles.